The molecular weight excluding hydrogens is 560 g/mol. The van der Waals surface area contributed by atoms with E-state index in [1.165, 1.54) is 11.8 Å². The number of rotatable bonds is 12. The van der Waals surface area contributed by atoms with E-state index >= 15 is 0 Å². The molecule has 43 heavy (non-hydrogen) atoms. The summed E-state index contributed by atoms with van der Waals surface area (Å²) in [5, 5.41) is 3.54. The lowest BCUT2D eigenvalue weighted by molar-refractivity contribution is -0.137. The number of aryl methyl sites for hydroxylation is 2. The lowest BCUT2D eigenvalue weighted by Crippen LogP contribution is -2.41. The van der Waals surface area contributed by atoms with Crippen LogP contribution in [0.2, 0.25) is 0 Å². The number of ether oxygens (including phenoxy) is 2. The van der Waals surface area contributed by atoms with E-state index in [1.54, 1.807) is 43.4 Å². The van der Waals surface area contributed by atoms with Crippen LogP contribution in [0, 0.1) is 13.8 Å². The highest BCUT2D eigenvalue weighted by Gasteiger charge is 2.32. The number of hydrogen-bond acceptors (Lipinski definition) is 7. The predicted octanol–water partition coefficient (Wildman–Crippen LogP) is 6.73. The molecule has 0 saturated heterocycles. The number of carbonyl (C=O) groups is 2. The maximum atomic E-state index is 14.1. The summed E-state index contributed by atoms with van der Waals surface area (Å²) in [4.78, 5) is 38.8. The predicted molar refractivity (Wildman–Crippen MR) is 171 cm³/mol. The van der Waals surface area contributed by atoms with Gasteiger partial charge in [0.25, 0.3) is 5.91 Å². The Morgan fingerprint density at radius 2 is 1.35 bits per heavy atom. The molecule has 1 atom stereocenters. The van der Waals surface area contributed by atoms with Crippen molar-refractivity contribution in [3.05, 3.63) is 107 Å². The number of amides is 2. The van der Waals surface area contributed by atoms with E-state index in [9.17, 15) is 9.59 Å². The minimum atomic E-state index is -0.904. The number of anilines is 1. The lowest BCUT2D eigenvalue weighted by atomic mass is 9.97. The number of methoxy groups -OCH3 is 2. The highest BCUT2D eigenvalue weighted by atomic mass is 32.2. The van der Waals surface area contributed by atoms with Crippen molar-refractivity contribution in [3.63, 3.8) is 0 Å². The summed E-state index contributed by atoms with van der Waals surface area (Å²) < 4.78 is 10.6. The third-order valence-corrected chi connectivity index (χ3v) is 7.79. The zero-order valence-electron chi connectivity index (χ0n) is 25.5. The molecule has 224 valence electrons. The number of nitrogens with zero attached hydrogens (tertiary/aromatic N) is 3. The third kappa shape index (κ3) is 8.58. The largest absolute Gasteiger partial charge is 0.497 e. The van der Waals surface area contributed by atoms with Crippen LogP contribution in [-0.2, 0) is 16.1 Å². The quantitative estimate of drug-likeness (QED) is 0.143. The van der Waals surface area contributed by atoms with Crippen molar-refractivity contribution in [2.75, 3.05) is 25.3 Å². The number of carbonyl (C=O) groups excluding carboxylic acids is 2. The molecule has 0 fully saturated rings. The number of nitrogens with one attached hydrogen (secondary N) is 1. The normalized spacial score (nSPS) is 11.6. The van der Waals surface area contributed by atoms with Gasteiger partial charge in [-0.3, -0.25) is 9.59 Å². The van der Waals surface area contributed by atoms with E-state index in [4.69, 9.17) is 9.47 Å². The van der Waals surface area contributed by atoms with Crippen LogP contribution in [0.25, 0.3) is 0 Å². The number of benzene rings is 3. The first-order valence-electron chi connectivity index (χ1n) is 14.1. The molecule has 4 aromatic rings. The van der Waals surface area contributed by atoms with Gasteiger partial charge in [-0.1, -0.05) is 62.0 Å². The van der Waals surface area contributed by atoms with Gasteiger partial charge in [0, 0.05) is 23.6 Å². The fourth-order valence-electron chi connectivity index (χ4n) is 4.64. The van der Waals surface area contributed by atoms with Gasteiger partial charge in [-0.15, -0.1) is 0 Å². The monoisotopic (exact) mass is 598 g/mol. The van der Waals surface area contributed by atoms with Crippen LogP contribution in [0.15, 0.2) is 84.0 Å². The van der Waals surface area contributed by atoms with E-state index in [-0.39, 0.29) is 24.1 Å². The first kappa shape index (κ1) is 31.6. The van der Waals surface area contributed by atoms with Crippen molar-refractivity contribution in [1.82, 2.24) is 14.9 Å². The van der Waals surface area contributed by atoms with E-state index in [1.807, 2.05) is 68.4 Å². The van der Waals surface area contributed by atoms with Gasteiger partial charge >= 0.3 is 0 Å². The third-order valence-electron chi connectivity index (χ3n) is 6.96. The lowest BCUT2D eigenvalue weighted by Gasteiger charge is -2.32. The molecule has 9 heteroatoms. The Hall–Kier alpha value is -4.37. The molecule has 1 heterocycles. The van der Waals surface area contributed by atoms with E-state index in [0.717, 1.165) is 22.5 Å². The SMILES string of the molecule is COc1ccc(CN(C(=O)CSc2nc(C)cc(C)n2)C(C(=O)Nc2ccc(OC)cc2)c2ccc(C(C)C)cc2)cc1. The average Bonchev–Trinajstić information content (AvgIpc) is 3.00. The maximum Gasteiger partial charge on any atom is 0.251 e. The van der Waals surface area contributed by atoms with E-state index in [2.05, 4.69) is 29.1 Å². The van der Waals surface area contributed by atoms with Gasteiger partial charge in [0.2, 0.25) is 5.91 Å². The summed E-state index contributed by atoms with van der Waals surface area (Å²) in [7, 11) is 3.20. The molecule has 2 amide bonds. The Morgan fingerprint density at radius 1 is 0.814 bits per heavy atom. The molecule has 0 bridgehead atoms. The molecule has 0 aliphatic rings. The van der Waals surface area contributed by atoms with Gasteiger partial charge in [0.1, 0.15) is 17.5 Å². The Bertz CT molecular complexity index is 1500. The van der Waals surface area contributed by atoms with Crippen molar-refractivity contribution in [2.24, 2.45) is 0 Å². The van der Waals surface area contributed by atoms with Gasteiger partial charge < -0.3 is 19.7 Å². The van der Waals surface area contributed by atoms with Gasteiger partial charge in [0.15, 0.2) is 5.16 Å². The summed E-state index contributed by atoms with van der Waals surface area (Å²) in [6.45, 7) is 8.25. The van der Waals surface area contributed by atoms with Crippen molar-refractivity contribution in [2.45, 2.75) is 51.4 Å². The molecule has 0 spiro atoms. The first-order chi connectivity index (χ1) is 20.7. The first-order valence-corrected chi connectivity index (χ1v) is 15.1. The number of hydrogen-bond donors (Lipinski definition) is 1. The van der Waals surface area contributed by atoms with Crippen molar-refractivity contribution < 1.29 is 19.1 Å². The fourth-order valence-corrected chi connectivity index (χ4v) is 5.47. The number of thioether (sulfide) groups is 1. The fraction of sp³-hybridized carbons (Fsp3) is 0.294. The van der Waals surface area contributed by atoms with Gasteiger partial charge in [-0.25, -0.2) is 9.97 Å². The topological polar surface area (TPSA) is 93.7 Å². The molecule has 1 aromatic heterocycles. The van der Waals surface area contributed by atoms with Crippen molar-refractivity contribution in [3.8, 4) is 11.5 Å². The van der Waals surface area contributed by atoms with E-state index in [0.29, 0.717) is 33.8 Å². The van der Waals surface area contributed by atoms with Crippen LogP contribution in [0.1, 0.15) is 53.9 Å². The van der Waals surface area contributed by atoms with Crippen LogP contribution in [0.5, 0.6) is 11.5 Å². The van der Waals surface area contributed by atoms with Crippen LogP contribution < -0.4 is 14.8 Å². The highest BCUT2D eigenvalue weighted by Crippen LogP contribution is 2.29. The molecule has 0 aliphatic heterocycles. The maximum absolute atomic E-state index is 14.1. The van der Waals surface area contributed by atoms with E-state index < -0.39 is 6.04 Å². The van der Waals surface area contributed by atoms with Gasteiger partial charge in [-0.05, 0) is 78.9 Å². The highest BCUT2D eigenvalue weighted by molar-refractivity contribution is 7.99. The summed E-state index contributed by atoms with van der Waals surface area (Å²) in [5.41, 5.74) is 4.99. The molecule has 4 rings (SSSR count). The summed E-state index contributed by atoms with van der Waals surface area (Å²) in [6, 6.07) is 23.5. The van der Waals surface area contributed by atoms with Gasteiger partial charge in [0.05, 0.1) is 20.0 Å². The second-order valence-corrected chi connectivity index (χ2v) is 11.5. The van der Waals surface area contributed by atoms with Crippen molar-refractivity contribution >= 4 is 29.3 Å². The molecular formula is C34H38N4O4S. The standard InChI is InChI=1S/C34H38N4O4S/c1-22(2)26-9-11-27(12-10-26)32(33(40)37-28-13-17-30(42-6)18-14-28)38(20-25-7-15-29(41-5)16-8-25)31(39)21-43-34-35-23(3)19-24(4)36-34/h7-19,22,32H,20-21H2,1-6H3,(H,37,40). The molecule has 0 aliphatic carbocycles. The minimum Gasteiger partial charge on any atom is -0.497 e. The second-order valence-electron chi connectivity index (χ2n) is 10.5. The second kappa shape index (κ2) is 14.7. The van der Waals surface area contributed by atoms with Crippen molar-refractivity contribution in [1.29, 1.82) is 0 Å². The van der Waals surface area contributed by atoms with Crippen LogP contribution in [0.3, 0.4) is 0 Å². The zero-order chi connectivity index (χ0) is 30.9. The molecule has 0 saturated carbocycles. The average molecular weight is 599 g/mol. The Labute approximate surface area is 257 Å². The molecule has 0 radical (unpaired) electrons. The van der Waals surface area contributed by atoms with Crippen LogP contribution in [-0.4, -0.2) is 46.7 Å². The Kier molecular flexibility index (Phi) is 10.8. The summed E-state index contributed by atoms with van der Waals surface area (Å²) in [6.07, 6.45) is 0. The Balaban J connectivity index is 1.72. The summed E-state index contributed by atoms with van der Waals surface area (Å²) in [5.74, 6) is 1.24. The Morgan fingerprint density at radius 3 is 1.88 bits per heavy atom. The van der Waals surface area contributed by atoms with Crippen LogP contribution >= 0.6 is 11.8 Å². The molecule has 8 nitrogen and oxygen atoms in total. The molecule has 1 N–H and O–H groups in total. The molecule has 1 unspecified atom stereocenters. The number of aromatic nitrogens is 2. The zero-order valence-corrected chi connectivity index (χ0v) is 26.3. The minimum absolute atomic E-state index is 0.0649. The van der Waals surface area contributed by atoms with Gasteiger partial charge in [-0.2, -0.15) is 0 Å². The summed E-state index contributed by atoms with van der Waals surface area (Å²) >= 11 is 1.26. The molecule has 3 aromatic carbocycles. The van der Waals surface area contributed by atoms with Crippen LogP contribution in [0.4, 0.5) is 5.69 Å². The smallest absolute Gasteiger partial charge is 0.251 e.